The van der Waals surface area contributed by atoms with Gasteiger partial charge in [0.15, 0.2) is 0 Å². The predicted octanol–water partition coefficient (Wildman–Crippen LogP) is 7.26. The van der Waals surface area contributed by atoms with E-state index in [-0.39, 0.29) is 14.1 Å². The zero-order valence-corrected chi connectivity index (χ0v) is 27.6. The first-order valence-corrected chi connectivity index (χ1v) is 13.5. The van der Waals surface area contributed by atoms with Crippen LogP contribution in [-0.4, -0.2) is 42.7 Å². The minimum Gasteiger partial charge on any atom is -0.380 e. The van der Waals surface area contributed by atoms with E-state index < -0.39 is 0 Å². The van der Waals surface area contributed by atoms with Crippen LogP contribution >= 0.6 is 37.9 Å². The molecule has 0 aliphatic heterocycles. The fourth-order valence-corrected chi connectivity index (χ4v) is 4.40. The molecule has 0 radical (unpaired) electrons. The van der Waals surface area contributed by atoms with Gasteiger partial charge >= 0.3 is 0 Å². The summed E-state index contributed by atoms with van der Waals surface area (Å²) in [6.45, 7) is 3.56. The summed E-state index contributed by atoms with van der Waals surface area (Å²) < 4.78 is 30.3. The SMILES string of the molecule is COCc1cccc(COC)c1S.COCc1cccc(COC)c1S.COCc1cccc(COC)c1S.F.F.F. The van der Waals surface area contributed by atoms with Crippen LogP contribution in [0.4, 0.5) is 14.1 Å². The second-order valence-electron chi connectivity index (χ2n) is 8.37. The van der Waals surface area contributed by atoms with Crippen molar-refractivity contribution in [3.8, 4) is 0 Å². The van der Waals surface area contributed by atoms with Gasteiger partial charge < -0.3 is 28.4 Å². The van der Waals surface area contributed by atoms with Crippen LogP contribution < -0.4 is 0 Å². The van der Waals surface area contributed by atoms with E-state index in [0.29, 0.717) is 39.6 Å². The van der Waals surface area contributed by atoms with Gasteiger partial charge in [-0.05, 0) is 33.4 Å². The molecule has 12 heteroatoms. The first kappa shape index (κ1) is 44.7. The van der Waals surface area contributed by atoms with E-state index in [1.54, 1.807) is 42.7 Å². The molecule has 6 nitrogen and oxygen atoms in total. The van der Waals surface area contributed by atoms with Gasteiger partial charge in [-0.2, -0.15) is 0 Å². The second kappa shape index (κ2) is 26.9. The summed E-state index contributed by atoms with van der Waals surface area (Å²) in [6, 6.07) is 18.0. The van der Waals surface area contributed by atoms with E-state index in [9.17, 15) is 0 Å². The van der Waals surface area contributed by atoms with Crippen molar-refractivity contribution in [3.05, 3.63) is 88.0 Å². The molecule has 0 unspecified atom stereocenters. The molecule has 3 aromatic carbocycles. The van der Waals surface area contributed by atoms with Gasteiger partial charge in [0.05, 0.1) is 39.6 Å². The van der Waals surface area contributed by atoms with Crippen LogP contribution in [0.5, 0.6) is 0 Å². The molecule has 0 saturated heterocycles. The Labute approximate surface area is 264 Å². The van der Waals surface area contributed by atoms with Gasteiger partial charge in [0.1, 0.15) is 0 Å². The minimum absolute atomic E-state index is 0. The van der Waals surface area contributed by atoms with E-state index in [2.05, 4.69) is 37.9 Å². The third-order valence-electron chi connectivity index (χ3n) is 5.41. The highest BCUT2D eigenvalue weighted by Crippen LogP contribution is 2.22. The Kier molecular flexibility index (Phi) is 28.6. The molecule has 3 aromatic rings. The maximum absolute atomic E-state index is 5.05. The summed E-state index contributed by atoms with van der Waals surface area (Å²) in [4.78, 5) is 2.89. The van der Waals surface area contributed by atoms with Crippen LogP contribution in [-0.2, 0) is 68.1 Å². The Morgan fingerprint density at radius 1 is 0.357 bits per heavy atom. The summed E-state index contributed by atoms with van der Waals surface area (Å²) in [5, 5.41) is 0. The van der Waals surface area contributed by atoms with Crippen molar-refractivity contribution in [3.63, 3.8) is 0 Å². The molecule has 240 valence electrons. The highest BCUT2D eigenvalue weighted by atomic mass is 32.1. The molecule has 0 saturated carbocycles. The summed E-state index contributed by atoms with van der Waals surface area (Å²) in [7, 11) is 10.1. The molecule has 3 rings (SSSR count). The number of hydrogen-bond acceptors (Lipinski definition) is 9. The summed E-state index contributed by atoms with van der Waals surface area (Å²) in [5.41, 5.74) is 6.59. The maximum atomic E-state index is 5.05. The van der Waals surface area contributed by atoms with Crippen molar-refractivity contribution in [1.29, 1.82) is 0 Å². The van der Waals surface area contributed by atoms with E-state index >= 15 is 0 Å². The van der Waals surface area contributed by atoms with Gasteiger partial charge in [0.2, 0.25) is 0 Å². The molecule has 42 heavy (non-hydrogen) atoms. The van der Waals surface area contributed by atoms with Crippen molar-refractivity contribution < 1.29 is 42.5 Å². The summed E-state index contributed by atoms with van der Waals surface area (Å²) in [6.07, 6.45) is 0. The topological polar surface area (TPSA) is 55.4 Å². The average molecular weight is 655 g/mol. The molecular formula is C30H45F3O6S3. The van der Waals surface area contributed by atoms with Crippen LogP contribution in [0.2, 0.25) is 0 Å². The van der Waals surface area contributed by atoms with Crippen LogP contribution in [0.25, 0.3) is 0 Å². The Bertz CT molecular complexity index is 900. The Balaban J connectivity index is -0.000000524. The van der Waals surface area contributed by atoms with E-state index in [1.165, 1.54) is 0 Å². The lowest BCUT2D eigenvalue weighted by Gasteiger charge is -2.08. The molecule has 0 heterocycles. The molecule has 0 N–H and O–H groups in total. The van der Waals surface area contributed by atoms with Crippen molar-refractivity contribution in [1.82, 2.24) is 0 Å². The summed E-state index contributed by atoms with van der Waals surface area (Å²) >= 11 is 13.3. The zero-order chi connectivity index (χ0) is 29.0. The van der Waals surface area contributed by atoms with Crippen LogP contribution in [0, 0.1) is 0 Å². The van der Waals surface area contributed by atoms with Crippen molar-refractivity contribution in [2.24, 2.45) is 0 Å². The number of ether oxygens (including phenoxy) is 6. The van der Waals surface area contributed by atoms with E-state index in [1.807, 2.05) is 54.6 Å². The van der Waals surface area contributed by atoms with E-state index in [4.69, 9.17) is 28.4 Å². The quantitative estimate of drug-likeness (QED) is 0.179. The predicted molar refractivity (Wildman–Crippen MR) is 173 cm³/mol. The molecule has 0 amide bonds. The first-order valence-electron chi connectivity index (χ1n) is 12.2. The van der Waals surface area contributed by atoms with Gasteiger partial charge in [0.25, 0.3) is 0 Å². The van der Waals surface area contributed by atoms with Crippen molar-refractivity contribution in [2.75, 3.05) is 42.7 Å². The number of hydrogen-bond donors (Lipinski definition) is 3. The lowest BCUT2D eigenvalue weighted by atomic mass is 10.1. The number of benzene rings is 3. The average Bonchev–Trinajstić information content (AvgIpc) is 2.93. The van der Waals surface area contributed by atoms with Gasteiger partial charge in [-0.15, -0.1) is 37.9 Å². The number of rotatable bonds is 12. The van der Waals surface area contributed by atoms with Crippen molar-refractivity contribution in [2.45, 2.75) is 54.3 Å². The number of methoxy groups -OCH3 is 6. The monoisotopic (exact) mass is 654 g/mol. The highest BCUT2D eigenvalue weighted by molar-refractivity contribution is 7.80. The first-order chi connectivity index (χ1) is 18.9. The van der Waals surface area contributed by atoms with Gasteiger partial charge in [-0.3, -0.25) is 14.1 Å². The van der Waals surface area contributed by atoms with Gasteiger partial charge in [-0.25, -0.2) is 0 Å². The highest BCUT2D eigenvalue weighted by Gasteiger charge is 2.05. The lowest BCUT2D eigenvalue weighted by Crippen LogP contribution is -1.95. The zero-order valence-electron chi connectivity index (χ0n) is 25.0. The smallest absolute Gasteiger partial charge is 0.0723 e. The number of thiol groups is 3. The van der Waals surface area contributed by atoms with Crippen molar-refractivity contribution >= 4 is 37.9 Å². The van der Waals surface area contributed by atoms with E-state index in [0.717, 1.165) is 48.1 Å². The molecule has 0 aromatic heterocycles. The molecular weight excluding hydrogens is 610 g/mol. The molecule has 0 bridgehead atoms. The third-order valence-corrected chi connectivity index (χ3v) is 7.13. The fourth-order valence-electron chi connectivity index (χ4n) is 3.57. The van der Waals surface area contributed by atoms with Crippen LogP contribution in [0.1, 0.15) is 33.4 Å². The fraction of sp³-hybridized carbons (Fsp3) is 0.400. The Hall–Kier alpha value is -1.74. The minimum atomic E-state index is 0. The van der Waals surface area contributed by atoms with Gasteiger partial charge in [0, 0.05) is 57.3 Å². The third kappa shape index (κ3) is 15.6. The molecule has 0 aliphatic rings. The summed E-state index contributed by atoms with van der Waals surface area (Å²) in [5.74, 6) is 0. The molecule has 0 fully saturated rings. The Morgan fingerprint density at radius 3 is 0.619 bits per heavy atom. The maximum Gasteiger partial charge on any atom is 0.0723 e. The lowest BCUT2D eigenvalue weighted by molar-refractivity contribution is 0.176. The largest absolute Gasteiger partial charge is 0.380 e. The Morgan fingerprint density at radius 2 is 0.500 bits per heavy atom. The number of halogens is 3. The standard InChI is InChI=1S/3C10H14O2S.3FH/c3*1-11-6-8-4-3-5-9(7-12-2)10(8)13;;;/h3*3-5,13H,6-7H2,1-2H3;3*1H. The second-order valence-corrected chi connectivity index (χ2v) is 9.71. The van der Waals surface area contributed by atoms with Crippen LogP contribution in [0.3, 0.4) is 0 Å². The normalized spacial score (nSPS) is 9.64. The molecule has 0 aliphatic carbocycles. The molecule has 0 spiro atoms. The molecule has 0 atom stereocenters. The van der Waals surface area contributed by atoms with Crippen LogP contribution in [0.15, 0.2) is 69.3 Å². The van der Waals surface area contributed by atoms with Gasteiger partial charge in [-0.1, -0.05) is 54.6 Å².